The predicted molar refractivity (Wildman–Crippen MR) is 99.5 cm³/mol. The molecule has 0 radical (unpaired) electrons. The maximum absolute atomic E-state index is 12.4. The van der Waals surface area contributed by atoms with Gasteiger partial charge >= 0.3 is 6.61 Å². The molecule has 2 aliphatic rings. The minimum Gasteiger partial charge on any atom is -0.435 e. The first-order valence-electron chi connectivity index (χ1n) is 9.23. The average molecular weight is 373 g/mol. The second-order valence-electron chi connectivity index (χ2n) is 7.12. The first kappa shape index (κ1) is 17.9. The lowest BCUT2D eigenvalue weighted by atomic mass is 10.0. The van der Waals surface area contributed by atoms with E-state index >= 15 is 0 Å². The van der Waals surface area contributed by atoms with Gasteiger partial charge in [0.2, 0.25) is 0 Å². The van der Waals surface area contributed by atoms with Crippen molar-refractivity contribution in [2.24, 2.45) is 0 Å². The van der Waals surface area contributed by atoms with Gasteiger partial charge in [-0.3, -0.25) is 0 Å². The highest BCUT2D eigenvalue weighted by Crippen LogP contribution is 2.37. The Balaban J connectivity index is 1.72. The average Bonchev–Trinajstić information content (AvgIpc) is 2.97. The largest absolute Gasteiger partial charge is 0.435 e. The number of halogens is 2. The molecule has 0 aliphatic carbocycles. The normalized spacial score (nSPS) is 22.3. The number of para-hydroxylation sites is 1. The van der Waals surface area contributed by atoms with E-state index < -0.39 is 12.3 Å². The molecule has 1 atom stereocenters. The Morgan fingerprint density at radius 1 is 1.11 bits per heavy atom. The fraction of sp³-hybridized carbons (Fsp3) is 0.381. The number of benzene rings is 2. The van der Waals surface area contributed by atoms with Crippen molar-refractivity contribution in [1.29, 1.82) is 0 Å². The van der Waals surface area contributed by atoms with Crippen LogP contribution in [0.3, 0.4) is 0 Å². The van der Waals surface area contributed by atoms with E-state index in [-0.39, 0.29) is 5.75 Å². The number of ether oxygens (including phenoxy) is 1. The number of amidine groups is 1. The molecule has 1 N–H and O–H groups in total. The van der Waals surface area contributed by atoms with Crippen LogP contribution < -0.4 is 9.64 Å². The quantitative estimate of drug-likeness (QED) is 0.827. The molecule has 2 aromatic rings. The van der Waals surface area contributed by atoms with Gasteiger partial charge in [0.15, 0.2) is 6.54 Å². The van der Waals surface area contributed by atoms with Crippen molar-refractivity contribution < 1.29 is 23.2 Å². The van der Waals surface area contributed by atoms with Crippen molar-refractivity contribution >= 4 is 11.5 Å². The van der Waals surface area contributed by atoms with Gasteiger partial charge in [-0.05, 0) is 55.7 Å². The van der Waals surface area contributed by atoms with Crippen LogP contribution in [0.5, 0.6) is 5.75 Å². The molecule has 0 fully saturated rings. The van der Waals surface area contributed by atoms with Crippen LogP contribution >= 0.6 is 0 Å². The number of anilines is 1. The summed E-state index contributed by atoms with van der Waals surface area (Å²) >= 11 is 0. The topological polar surface area (TPSA) is 35.7 Å². The molecule has 4 rings (SSSR count). The van der Waals surface area contributed by atoms with Crippen LogP contribution in [0, 0.1) is 6.92 Å². The van der Waals surface area contributed by atoms with Crippen molar-refractivity contribution in [2.45, 2.75) is 38.5 Å². The number of rotatable bonds is 4. The third kappa shape index (κ3) is 3.18. The van der Waals surface area contributed by atoms with Gasteiger partial charge in [0.05, 0.1) is 6.54 Å². The summed E-state index contributed by atoms with van der Waals surface area (Å²) in [7, 11) is 0. The number of alkyl halides is 2. The molecule has 0 saturated carbocycles. The fourth-order valence-corrected chi connectivity index (χ4v) is 4.13. The molecule has 0 spiro atoms. The van der Waals surface area contributed by atoms with Gasteiger partial charge in [-0.15, -0.1) is 0 Å². The van der Waals surface area contributed by atoms with Crippen molar-refractivity contribution in [3.63, 3.8) is 0 Å². The zero-order valence-corrected chi connectivity index (χ0v) is 15.2. The molecule has 1 unspecified atom stereocenters. The van der Waals surface area contributed by atoms with Crippen molar-refractivity contribution in [2.75, 3.05) is 18.0 Å². The first-order chi connectivity index (χ1) is 13.0. The Hall–Kier alpha value is -2.47. The van der Waals surface area contributed by atoms with Gasteiger partial charge in [-0.2, -0.15) is 8.78 Å². The predicted octanol–water partition coefficient (Wildman–Crippen LogP) is 3.86. The lowest BCUT2D eigenvalue weighted by molar-refractivity contribution is -0.661. The first-order valence-corrected chi connectivity index (χ1v) is 9.23. The van der Waals surface area contributed by atoms with Gasteiger partial charge in [0.25, 0.3) is 11.6 Å². The summed E-state index contributed by atoms with van der Waals surface area (Å²) in [5.41, 5.74) is 1.73. The van der Waals surface area contributed by atoms with E-state index in [9.17, 15) is 13.9 Å². The second kappa shape index (κ2) is 6.93. The van der Waals surface area contributed by atoms with Crippen LogP contribution in [0.4, 0.5) is 14.5 Å². The minimum absolute atomic E-state index is 0.0916. The number of β-amino-alcohol motifs (C(OH)–C–C–N with tert-alkyl or cyclic N) is 1. The Morgan fingerprint density at radius 2 is 1.85 bits per heavy atom. The van der Waals surface area contributed by atoms with E-state index in [1.807, 2.05) is 12.1 Å². The Bertz CT molecular complexity index is 867. The lowest BCUT2D eigenvalue weighted by Gasteiger charge is -2.24. The van der Waals surface area contributed by atoms with E-state index in [1.54, 1.807) is 12.1 Å². The summed E-state index contributed by atoms with van der Waals surface area (Å²) in [6, 6.07) is 14.5. The Labute approximate surface area is 157 Å². The van der Waals surface area contributed by atoms with Gasteiger partial charge in [0.1, 0.15) is 11.4 Å². The molecule has 0 amide bonds. The molecular formula is C21H23F2N2O2+. The molecule has 0 saturated heterocycles. The van der Waals surface area contributed by atoms with E-state index in [0.29, 0.717) is 12.1 Å². The third-order valence-corrected chi connectivity index (χ3v) is 5.43. The molecule has 2 aliphatic heterocycles. The molecule has 142 valence electrons. The Kier molecular flexibility index (Phi) is 4.60. The molecule has 2 aromatic carbocycles. The van der Waals surface area contributed by atoms with Crippen LogP contribution in [0.25, 0.3) is 0 Å². The highest BCUT2D eigenvalue weighted by Gasteiger charge is 2.52. The number of aryl methyl sites for hydroxylation is 1. The molecule has 2 heterocycles. The molecule has 0 bridgehead atoms. The molecule has 6 heteroatoms. The summed E-state index contributed by atoms with van der Waals surface area (Å²) in [5.74, 6) is 1.21. The van der Waals surface area contributed by atoms with E-state index in [4.69, 9.17) is 0 Å². The van der Waals surface area contributed by atoms with Crippen molar-refractivity contribution in [3.8, 4) is 5.75 Å². The smallest absolute Gasteiger partial charge is 0.387 e. The van der Waals surface area contributed by atoms with Crippen LogP contribution in [-0.4, -0.2) is 35.2 Å². The summed E-state index contributed by atoms with van der Waals surface area (Å²) in [5, 5.41) is 11.6. The van der Waals surface area contributed by atoms with Gasteiger partial charge in [-0.25, -0.2) is 9.48 Å². The molecular weight excluding hydrogens is 350 g/mol. The maximum Gasteiger partial charge on any atom is 0.387 e. The zero-order valence-electron chi connectivity index (χ0n) is 15.2. The van der Waals surface area contributed by atoms with Crippen molar-refractivity contribution in [3.05, 3.63) is 59.7 Å². The van der Waals surface area contributed by atoms with Gasteiger partial charge in [-0.1, -0.05) is 18.2 Å². The van der Waals surface area contributed by atoms with Crippen LogP contribution in [0.2, 0.25) is 0 Å². The summed E-state index contributed by atoms with van der Waals surface area (Å²) in [6.45, 7) is 0.381. The van der Waals surface area contributed by atoms with E-state index in [1.165, 1.54) is 12.1 Å². The van der Waals surface area contributed by atoms with Crippen LogP contribution in [-0.2, 0) is 5.72 Å². The maximum atomic E-state index is 12.4. The molecule has 27 heavy (non-hydrogen) atoms. The standard InChI is InChI=1S/C21H23F2N2O2/c1-15-6-2-3-7-18(15)24-14-21(26,25-13-5-4-8-19(24)25)16-9-11-17(12-10-16)27-20(22)23/h2-3,6-7,9-12,20,26H,4-5,8,13-14H2,1H3/q+1. The number of aliphatic hydroxyl groups is 1. The van der Waals surface area contributed by atoms with Gasteiger partial charge in [0, 0.05) is 12.0 Å². The fourth-order valence-electron chi connectivity index (χ4n) is 4.13. The zero-order chi connectivity index (χ0) is 19.0. The van der Waals surface area contributed by atoms with Crippen LogP contribution in [0.1, 0.15) is 30.4 Å². The SMILES string of the molecule is Cc1ccccc1N1CC(O)(c2ccc(OC(F)F)cc2)[N+]2=C1CCCC2. The monoisotopic (exact) mass is 373 g/mol. The van der Waals surface area contributed by atoms with E-state index in [0.717, 1.165) is 42.9 Å². The summed E-state index contributed by atoms with van der Waals surface area (Å²) < 4.78 is 31.3. The van der Waals surface area contributed by atoms with Gasteiger partial charge < -0.3 is 9.84 Å². The molecule has 4 nitrogen and oxygen atoms in total. The van der Waals surface area contributed by atoms with Crippen molar-refractivity contribution in [1.82, 2.24) is 0 Å². The minimum atomic E-state index is -2.86. The number of hydrogen-bond donors (Lipinski definition) is 1. The number of hydrogen-bond acceptors (Lipinski definition) is 3. The lowest BCUT2D eigenvalue weighted by Crippen LogP contribution is -2.41. The summed E-state index contributed by atoms with van der Waals surface area (Å²) in [6.07, 6.45) is 3.01. The highest BCUT2D eigenvalue weighted by atomic mass is 19.3. The third-order valence-electron chi connectivity index (χ3n) is 5.43. The molecule has 0 aromatic heterocycles. The Morgan fingerprint density at radius 3 is 2.56 bits per heavy atom. The van der Waals surface area contributed by atoms with E-state index in [2.05, 4.69) is 33.3 Å². The van der Waals surface area contributed by atoms with Crippen LogP contribution in [0.15, 0.2) is 48.5 Å². The second-order valence-corrected chi connectivity index (χ2v) is 7.12. The number of nitrogens with zero attached hydrogens (tertiary/aromatic N) is 2. The highest BCUT2D eigenvalue weighted by molar-refractivity contribution is 5.96. The summed E-state index contributed by atoms with van der Waals surface area (Å²) in [4.78, 5) is 2.19.